The van der Waals surface area contributed by atoms with E-state index in [1.807, 2.05) is 36.7 Å². The molecule has 0 unspecified atom stereocenters. The van der Waals surface area contributed by atoms with E-state index in [1.165, 1.54) is 5.56 Å². The quantitative estimate of drug-likeness (QED) is 0.894. The molecule has 2 aromatic rings. The molecule has 1 aliphatic carbocycles. The van der Waals surface area contributed by atoms with Crippen molar-refractivity contribution in [3.63, 3.8) is 0 Å². The molecule has 0 saturated carbocycles. The number of hydrogen-bond donors (Lipinski definition) is 1. The van der Waals surface area contributed by atoms with Crippen molar-refractivity contribution in [3.8, 4) is 0 Å². The third kappa shape index (κ3) is 3.21. The molecule has 6 nitrogen and oxygen atoms in total. The summed E-state index contributed by atoms with van der Waals surface area (Å²) in [7, 11) is -3.55. The molecule has 0 fully saturated rings. The van der Waals surface area contributed by atoms with Crippen LogP contribution in [0.2, 0.25) is 0 Å². The van der Waals surface area contributed by atoms with Crippen molar-refractivity contribution in [1.82, 2.24) is 19.5 Å². The lowest BCUT2D eigenvalue weighted by molar-refractivity contribution is 0.400. The molecule has 7 heteroatoms. The van der Waals surface area contributed by atoms with Gasteiger partial charge in [-0.25, -0.2) is 22.8 Å². The Morgan fingerprint density at radius 1 is 1.23 bits per heavy atom. The molecule has 2 heterocycles. The number of benzene rings is 1. The standard InChI is InChI=1S/C19H24N4O2S/c1-13(2)18-20-19-17(8-5-11-23(19)21-18)22-26(24,25)16-10-9-14-6-3-4-7-15(14)12-16/h3-4,6-7,12-13,17,22H,5,8-11H2,1-2H3/t17-/m0/s1. The van der Waals surface area contributed by atoms with Gasteiger partial charge in [-0.3, -0.25) is 0 Å². The highest BCUT2D eigenvalue weighted by Crippen LogP contribution is 2.30. The summed E-state index contributed by atoms with van der Waals surface area (Å²) >= 11 is 0. The molecule has 4 rings (SSSR count). The smallest absolute Gasteiger partial charge is 0.237 e. The van der Waals surface area contributed by atoms with Gasteiger partial charge in [0.1, 0.15) is 5.82 Å². The highest BCUT2D eigenvalue weighted by atomic mass is 32.2. The zero-order valence-corrected chi connectivity index (χ0v) is 16.0. The molecule has 1 aliphatic heterocycles. The Morgan fingerprint density at radius 3 is 2.85 bits per heavy atom. The van der Waals surface area contributed by atoms with Crippen molar-refractivity contribution in [1.29, 1.82) is 0 Å². The van der Waals surface area contributed by atoms with E-state index >= 15 is 0 Å². The topological polar surface area (TPSA) is 76.9 Å². The molecule has 0 radical (unpaired) electrons. The summed E-state index contributed by atoms with van der Waals surface area (Å²) in [5, 5.41) is 4.53. The van der Waals surface area contributed by atoms with Gasteiger partial charge in [-0.15, -0.1) is 0 Å². The molecule has 1 aromatic carbocycles. The number of nitrogens with one attached hydrogen (secondary N) is 1. The van der Waals surface area contributed by atoms with Gasteiger partial charge in [0.2, 0.25) is 10.0 Å². The average Bonchev–Trinajstić information content (AvgIpc) is 3.07. The second-order valence-electron chi connectivity index (χ2n) is 7.33. The van der Waals surface area contributed by atoms with Crippen molar-refractivity contribution < 1.29 is 8.42 Å². The van der Waals surface area contributed by atoms with Crippen LogP contribution in [0.1, 0.15) is 67.8 Å². The molecule has 0 bridgehead atoms. The third-order valence-corrected chi connectivity index (χ3v) is 6.67. The van der Waals surface area contributed by atoms with Crippen LogP contribution in [-0.4, -0.2) is 23.2 Å². The van der Waals surface area contributed by atoms with E-state index in [-0.39, 0.29) is 12.0 Å². The van der Waals surface area contributed by atoms with Crippen LogP contribution in [0.15, 0.2) is 29.2 Å². The van der Waals surface area contributed by atoms with Gasteiger partial charge < -0.3 is 0 Å². The average molecular weight is 372 g/mol. The van der Waals surface area contributed by atoms with Gasteiger partial charge in [0.15, 0.2) is 5.82 Å². The number of hydrogen-bond acceptors (Lipinski definition) is 4. The first-order valence-electron chi connectivity index (χ1n) is 9.19. The molecule has 138 valence electrons. The van der Waals surface area contributed by atoms with E-state index in [0.29, 0.717) is 11.3 Å². The van der Waals surface area contributed by atoms with Crippen LogP contribution >= 0.6 is 0 Å². The van der Waals surface area contributed by atoms with E-state index in [9.17, 15) is 8.42 Å². The van der Waals surface area contributed by atoms with Crippen molar-refractivity contribution in [3.05, 3.63) is 51.9 Å². The lowest BCUT2D eigenvalue weighted by Gasteiger charge is -2.24. The van der Waals surface area contributed by atoms with Crippen LogP contribution in [-0.2, 0) is 23.0 Å². The van der Waals surface area contributed by atoms with Gasteiger partial charge in [-0.2, -0.15) is 5.10 Å². The minimum atomic E-state index is -3.55. The number of aromatic nitrogens is 3. The molecule has 1 N–H and O–H groups in total. The Labute approximate surface area is 154 Å². The van der Waals surface area contributed by atoms with Gasteiger partial charge in [-0.05, 0) is 42.9 Å². The number of allylic oxidation sites excluding steroid dienone is 1. The Hall–Kier alpha value is -1.99. The minimum Gasteiger partial charge on any atom is -0.248 e. The number of sulfonamides is 1. The molecule has 2 aliphatic rings. The number of nitrogens with zero attached hydrogens (tertiary/aromatic N) is 3. The van der Waals surface area contributed by atoms with Crippen molar-refractivity contribution in [2.45, 2.75) is 58.0 Å². The summed E-state index contributed by atoms with van der Waals surface area (Å²) in [6, 6.07) is 7.64. The zero-order chi connectivity index (χ0) is 18.3. The SMILES string of the molecule is CC(C)c1nc2n(n1)CCC[C@@H]2NS(=O)(=O)C1=Cc2ccccc2CC1. The summed E-state index contributed by atoms with van der Waals surface area (Å²) < 4.78 is 30.7. The van der Waals surface area contributed by atoms with Gasteiger partial charge in [0.25, 0.3) is 0 Å². The highest BCUT2D eigenvalue weighted by molar-refractivity contribution is 7.93. The van der Waals surface area contributed by atoms with Crippen LogP contribution in [0, 0.1) is 0 Å². The molecule has 0 saturated heterocycles. The van der Waals surface area contributed by atoms with Crippen LogP contribution in [0.3, 0.4) is 0 Å². The number of aryl methyl sites for hydroxylation is 2. The maximum atomic E-state index is 13.0. The molecular formula is C19H24N4O2S. The first-order chi connectivity index (χ1) is 12.4. The zero-order valence-electron chi connectivity index (χ0n) is 15.1. The molecule has 0 spiro atoms. The Morgan fingerprint density at radius 2 is 2.04 bits per heavy atom. The summed E-state index contributed by atoms with van der Waals surface area (Å²) in [5.74, 6) is 1.74. The van der Waals surface area contributed by atoms with Gasteiger partial charge in [-0.1, -0.05) is 38.1 Å². The number of rotatable bonds is 4. The highest BCUT2D eigenvalue weighted by Gasteiger charge is 2.31. The normalized spacial score (nSPS) is 19.8. The predicted octanol–water partition coefficient (Wildman–Crippen LogP) is 3.14. The molecule has 0 amide bonds. The van der Waals surface area contributed by atoms with Gasteiger partial charge in [0, 0.05) is 12.5 Å². The lowest BCUT2D eigenvalue weighted by Crippen LogP contribution is -2.34. The Kier molecular flexibility index (Phi) is 4.44. The number of fused-ring (bicyclic) bond motifs is 2. The Bertz CT molecular complexity index is 960. The van der Waals surface area contributed by atoms with E-state index in [0.717, 1.165) is 43.0 Å². The maximum absolute atomic E-state index is 13.0. The van der Waals surface area contributed by atoms with Crippen LogP contribution in [0.5, 0.6) is 0 Å². The summed E-state index contributed by atoms with van der Waals surface area (Å²) in [5.41, 5.74) is 2.19. The summed E-state index contributed by atoms with van der Waals surface area (Å²) in [6.45, 7) is 4.89. The van der Waals surface area contributed by atoms with Gasteiger partial charge >= 0.3 is 0 Å². The lowest BCUT2D eigenvalue weighted by atomic mass is 9.98. The van der Waals surface area contributed by atoms with Crippen molar-refractivity contribution in [2.24, 2.45) is 0 Å². The van der Waals surface area contributed by atoms with Crippen LogP contribution in [0.25, 0.3) is 6.08 Å². The minimum absolute atomic E-state index is 0.225. The second kappa shape index (κ2) is 6.63. The fourth-order valence-corrected chi connectivity index (χ4v) is 5.01. The molecule has 1 atom stereocenters. The first kappa shape index (κ1) is 17.4. The molecular weight excluding hydrogens is 348 g/mol. The van der Waals surface area contributed by atoms with Crippen molar-refractivity contribution >= 4 is 16.1 Å². The Balaban J connectivity index is 1.61. The monoisotopic (exact) mass is 372 g/mol. The third-order valence-electron chi connectivity index (χ3n) is 5.06. The van der Waals surface area contributed by atoms with Crippen LogP contribution in [0.4, 0.5) is 0 Å². The summed E-state index contributed by atoms with van der Waals surface area (Å²) in [6.07, 6.45) is 4.72. The largest absolute Gasteiger partial charge is 0.248 e. The van der Waals surface area contributed by atoms with E-state index in [4.69, 9.17) is 0 Å². The van der Waals surface area contributed by atoms with E-state index in [2.05, 4.69) is 20.9 Å². The molecule has 26 heavy (non-hydrogen) atoms. The fraction of sp³-hybridized carbons (Fsp3) is 0.474. The van der Waals surface area contributed by atoms with E-state index in [1.54, 1.807) is 6.08 Å². The first-order valence-corrected chi connectivity index (χ1v) is 10.7. The fourth-order valence-electron chi connectivity index (χ4n) is 3.61. The van der Waals surface area contributed by atoms with Gasteiger partial charge in [0.05, 0.1) is 10.9 Å². The van der Waals surface area contributed by atoms with Crippen molar-refractivity contribution in [2.75, 3.05) is 0 Å². The van der Waals surface area contributed by atoms with Crippen LogP contribution < -0.4 is 4.72 Å². The molecule has 1 aromatic heterocycles. The second-order valence-corrected chi connectivity index (χ2v) is 9.10. The maximum Gasteiger partial charge on any atom is 0.237 e. The predicted molar refractivity (Wildman–Crippen MR) is 101 cm³/mol. The summed E-state index contributed by atoms with van der Waals surface area (Å²) in [4.78, 5) is 5.06. The van der Waals surface area contributed by atoms with E-state index < -0.39 is 10.0 Å².